The minimum Gasteiger partial charge on any atom is -0.392 e. The Kier molecular flexibility index (Phi) is 5.50. The molecular formula is C23H29O4P. The summed E-state index contributed by atoms with van der Waals surface area (Å²) in [4.78, 5) is 0. The van der Waals surface area contributed by atoms with Crippen LogP contribution in [0.15, 0.2) is 60.7 Å². The third kappa shape index (κ3) is 3.71. The van der Waals surface area contributed by atoms with Gasteiger partial charge in [-0.2, -0.15) is 0 Å². The van der Waals surface area contributed by atoms with Gasteiger partial charge in [0, 0.05) is 16.3 Å². The molecule has 4 nitrogen and oxygen atoms in total. The Morgan fingerprint density at radius 2 is 1.29 bits per heavy atom. The number of aliphatic hydroxyl groups is 1. The van der Waals surface area contributed by atoms with E-state index in [1.54, 1.807) is 0 Å². The molecule has 2 fully saturated rings. The molecule has 0 unspecified atom stereocenters. The maximum absolute atomic E-state index is 14.6. The lowest BCUT2D eigenvalue weighted by Gasteiger charge is -2.35. The van der Waals surface area contributed by atoms with Crippen molar-refractivity contribution in [3.8, 4) is 0 Å². The number of ether oxygens (including phenoxy) is 2. The molecule has 0 spiro atoms. The Hall–Kier alpha value is -1.45. The average Bonchev–Trinajstić information content (AvgIpc) is 2.99. The van der Waals surface area contributed by atoms with E-state index < -0.39 is 19.0 Å². The van der Waals surface area contributed by atoms with Crippen LogP contribution in [-0.2, 0) is 14.0 Å². The van der Waals surface area contributed by atoms with Crippen LogP contribution in [0.3, 0.4) is 0 Å². The van der Waals surface area contributed by atoms with Crippen LogP contribution >= 0.6 is 7.14 Å². The van der Waals surface area contributed by atoms with Gasteiger partial charge in [0.2, 0.25) is 0 Å². The van der Waals surface area contributed by atoms with Crippen LogP contribution in [-0.4, -0.2) is 34.9 Å². The number of aliphatic hydroxyl groups excluding tert-OH is 1. The van der Waals surface area contributed by atoms with Gasteiger partial charge in [-0.05, 0) is 39.5 Å². The van der Waals surface area contributed by atoms with E-state index in [1.807, 2.05) is 74.5 Å². The van der Waals surface area contributed by atoms with Gasteiger partial charge in [-0.3, -0.25) is 0 Å². The first-order valence-corrected chi connectivity index (χ1v) is 11.9. The number of rotatable bonds is 3. The molecular weight excluding hydrogens is 371 g/mol. The molecule has 1 saturated heterocycles. The summed E-state index contributed by atoms with van der Waals surface area (Å²) < 4.78 is 26.8. The molecule has 150 valence electrons. The van der Waals surface area contributed by atoms with Crippen LogP contribution in [0, 0.1) is 0 Å². The van der Waals surface area contributed by atoms with Crippen LogP contribution < -0.4 is 10.6 Å². The monoisotopic (exact) mass is 400 g/mol. The summed E-state index contributed by atoms with van der Waals surface area (Å²) in [6.45, 7) is 3.87. The van der Waals surface area contributed by atoms with Crippen molar-refractivity contribution in [2.75, 3.05) is 0 Å². The molecule has 1 saturated carbocycles. The van der Waals surface area contributed by atoms with Gasteiger partial charge in [-0.15, -0.1) is 0 Å². The van der Waals surface area contributed by atoms with Gasteiger partial charge in [0.05, 0.1) is 18.3 Å². The molecule has 1 aliphatic heterocycles. The molecule has 1 aliphatic carbocycles. The van der Waals surface area contributed by atoms with Crippen LogP contribution in [0.25, 0.3) is 0 Å². The van der Waals surface area contributed by atoms with Crippen LogP contribution in [0.4, 0.5) is 0 Å². The summed E-state index contributed by atoms with van der Waals surface area (Å²) in [5, 5.41) is 12.7. The van der Waals surface area contributed by atoms with Crippen LogP contribution in [0.2, 0.25) is 0 Å². The van der Waals surface area contributed by atoms with Crippen molar-refractivity contribution >= 4 is 17.8 Å². The van der Waals surface area contributed by atoms with E-state index >= 15 is 0 Å². The predicted octanol–water partition coefficient (Wildman–Crippen LogP) is 3.82. The molecule has 0 bridgehead atoms. The topological polar surface area (TPSA) is 55.8 Å². The lowest BCUT2D eigenvalue weighted by atomic mass is 9.94. The Bertz CT molecular complexity index is 793. The smallest absolute Gasteiger partial charge is 0.163 e. The lowest BCUT2D eigenvalue weighted by molar-refractivity contribution is -0.147. The number of hydrogen-bond donors (Lipinski definition) is 1. The zero-order chi connectivity index (χ0) is 19.8. The highest BCUT2D eigenvalue weighted by atomic mass is 31.2. The molecule has 28 heavy (non-hydrogen) atoms. The number of benzene rings is 2. The van der Waals surface area contributed by atoms with E-state index in [-0.39, 0.29) is 17.9 Å². The molecule has 4 rings (SSSR count). The van der Waals surface area contributed by atoms with Gasteiger partial charge < -0.3 is 19.1 Å². The fourth-order valence-corrected chi connectivity index (χ4v) is 8.15. The molecule has 0 aromatic heterocycles. The van der Waals surface area contributed by atoms with E-state index in [2.05, 4.69) is 0 Å². The zero-order valence-electron chi connectivity index (χ0n) is 16.5. The first-order valence-electron chi connectivity index (χ1n) is 10.1. The quantitative estimate of drug-likeness (QED) is 0.796. The van der Waals surface area contributed by atoms with Crippen molar-refractivity contribution < 1.29 is 19.1 Å². The van der Waals surface area contributed by atoms with E-state index in [4.69, 9.17) is 9.47 Å². The lowest BCUT2D eigenvalue weighted by Crippen LogP contribution is -2.39. The highest BCUT2D eigenvalue weighted by Gasteiger charge is 2.47. The highest BCUT2D eigenvalue weighted by molar-refractivity contribution is 7.79. The van der Waals surface area contributed by atoms with Gasteiger partial charge >= 0.3 is 0 Å². The fraction of sp³-hybridized carbons (Fsp3) is 0.478. The van der Waals surface area contributed by atoms with Gasteiger partial charge in [0.1, 0.15) is 7.14 Å². The second-order valence-corrected chi connectivity index (χ2v) is 11.3. The van der Waals surface area contributed by atoms with Crippen molar-refractivity contribution in [3.63, 3.8) is 0 Å². The van der Waals surface area contributed by atoms with Crippen molar-refractivity contribution in [1.82, 2.24) is 0 Å². The Balaban J connectivity index is 1.71. The van der Waals surface area contributed by atoms with Gasteiger partial charge in [0.15, 0.2) is 5.79 Å². The first kappa shape index (κ1) is 19.8. The van der Waals surface area contributed by atoms with Crippen molar-refractivity contribution in [2.45, 2.75) is 69.3 Å². The molecule has 2 aliphatic rings. The molecule has 5 heteroatoms. The molecule has 2 aromatic carbocycles. The Morgan fingerprint density at radius 1 is 0.821 bits per heavy atom. The van der Waals surface area contributed by atoms with E-state index in [0.29, 0.717) is 12.8 Å². The van der Waals surface area contributed by atoms with E-state index in [9.17, 15) is 9.67 Å². The van der Waals surface area contributed by atoms with Crippen LogP contribution in [0.1, 0.15) is 39.5 Å². The third-order valence-corrected chi connectivity index (χ3v) is 9.64. The fourth-order valence-electron chi connectivity index (χ4n) is 4.71. The highest BCUT2D eigenvalue weighted by Crippen LogP contribution is 2.53. The molecule has 0 amide bonds. The summed E-state index contributed by atoms with van der Waals surface area (Å²) in [5.41, 5.74) is -0.328. The Labute approximate surface area is 167 Å². The summed E-state index contributed by atoms with van der Waals surface area (Å²) in [7, 11) is -3.02. The maximum Gasteiger partial charge on any atom is 0.163 e. The SMILES string of the molecule is CC1(C)O[C@@H]2CC[C@H](O)[C@@H](P(=O)(c3ccccc3)c3ccccc3)CC[C@H]2O1. The zero-order valence-corrected chi connectivity index (χ0v) is 17.4. The number of fused-ring (bicyclic) bond motifs is 1. The average molecular weight is 400 g/mol. The van der Waals surface area contributed by atoms with Crippen molar-refractivity contribution in [1.29, 1.82) is 0 Å². The Morgan fingerprint density at radius 3 is 1.79 bits per heavy atom. The summed E-state index contributed by atoms with van der Waals surface area (Å²) in [5.74, 6) is -0.595. The molecule has 0 radical (unpaired) electrons. The second kappa shape index (κ2) is 7.76. The first-order chi connectivity index (χ1) is 13.4. The molecule has 2 aromatic rings. The molecule has 1 heterocycles. The normalized spacial score (nSPS) is 30.2. The van der Waals surface area contributed by atoms with Gasteiger partial charge in [-0.25, -0.2) is 0 Å². The van der Waals surface area contributed by atoms with Crippen LogP contribution in [0.5, 0.6) is 0 Å². The summed E-state index contributed by atoms with van der Waals surface area (Å²) >= 11 is 0. The summed E-state index contributed by atoms with van der Waals surface area (Å²) in [6.07, 6.45) is 2.01. The second-order valence-electron chi connectivity index (χ2n) is 8.33. The molecule has 4 atom stereocenters. The van der Waals surface area contributed by atoms with Gasteiger partial charge in [-0.1, -0.05) is 60.7 Å². The number of hydrogen-bond acceptors (Lipinski definition) is 4. The van der Waals surface area contributed by atoms with Crippen molar-refractivity contribution in [2.24, 2.45) is 0 Å². The predicted molar refractivity (Wildman–Crippen MR) is 112 cm³/mol. The third-order valence-electron chi connectivity index (χ3n) is 5.97. The molecule has 1 N–H and O–H groups in total. The minimum atomic E-state index is -3.02. The minimum absolute atomic E-state index is 0.00145. The van der Waals surface area contributed by atoms with E-state index in [0.717, 1.165) is 23.5 Å². The van der Waals surface area contributed by atoms with Crippen molar-refractivity contribution in [3.05, 3.63) is 60.7 Å². The standard InChI is InChI=1S/C23H29O4P/c1-23(2)26-20-14-13-19(24)22(16-15-21(20)27-23)28(25,17-9-5-3-6-10-17)18-11-7-4-8-12-18/h3-12,19-22,24H,13-16H2,1-2H3/t19-,20+,21+,22-/m0/s1. The summed E-state index contributed by atoms with van der Waals surface area (Å²) in [6, 6.07) is 19.3. The maximum atomic E-state index is 14.6. The van der Waals surface area contributed by atoms with E-state index in [1.165, 1.54) is 0 Å². The largest absolute Gasteiger partial charge is 0.392 e. The van der Waals surface area contributed by atoms with Gasteiger partial charge in [0.25, 0.3) is 0 Å².